The van der Waals surface area contributed by atoms with E-state index in [0.717, 1.165) is 36.8 Å². The van der Waals surface area contributed by atoms with Crippen molar-refractivity contribution >= 4 is 11.8 Å². The molecular formula is C30H36N4O4. The van der Waals surface area contributed by atoms with Crippen LogP contribution in [0.3, 0.4) is 0 Å². The van der Waals surface area contributed by atoms with Gasteiger partial charge in [0.2, 0.25) is 0 Å². The summed E-state index contributed by atoms with van der Waals surface area (Å²) in [6.45, 7) is 0.787. The topological polar surface area (TPSA) is 104 Å². The van der Waals surface area contributed by atoms with E-state index < -0.39 is 6.04 Å². The van der Waals surface area contributed by atoms with E-state index in [-0.39, 0.29) is 24.5 Å². The van der Waals surface area contributed by atoms with Crippen LogP contribution in [0.5, 0.6) is 5.75 Å². The molecule has 4 rings (SSSR count). The highest BCUT2D eigenvalue weighted by Crippen LogP contribution is 2.28. The number of benzene rings is 2. The number of carbonyl (C=O) groups is 2. The van der Waals surface area contributed by atoms with Gasteiger partial charge in [-0.05, 0) is 80.0 Å². The van der Waals surface area contributed by atoms with E-state index in [1.807, 2.05) is 43.3 Å². The zero-order valence-electron chi connectivity index (χ0n) is 22.0. The van der Waals surface area contributed by atoms with Gasteiger partial charge in [0.05, 0.1) is 18.2 Å². The third-order valence-corrected chi connectivity index (χ3v) is 6.77. The minimum Gasteiger partial charge on any atom is -0.491 e. The lowest BCUT2D eigenvalue weighted by atomic mass is 10.0. The molecule has 0 saturated heterocycles. The Morgan fingerprint density at radius 2 is 1.79 bits per heavy atom. The first kappa shape index (κ1) is 27.3. The Bertz CT molecular complexity index is 1230. The molecule has 0 bridgehead atoms. The van der Waals surface area contributed by atoms with Gasteiger partial charge in [-0.1, -0.05) is 31.0 Å². The number of carbonyl (C=O) groups excluding carboxylic acids is 2. The molecule has 38 heavy (non-hydrogen) atoms. The standard InChI is InChI=1S/C30H36N4O4/c1-34(2)16-17-38-28-19-22(21-12-14-31-15-13-21)10-11-26(28)30(37)33-27(20-35)23-6-5-7-24(18-23)29(36)32-25-8-3-4-9-25/h5-7,10-15,18-19,25,27,35H,3-4,8-9,16-17,20H2,1-2H3,(H,32,36)(H,33,37)/t27-/m1/s1. The fourth-order valence-corrected chi connectivity index (χ4v) is 4.60. The molecule has 1 fully saturated rings. The second-order valence-electron chi connectivity index (χ2n) is 9.89. The second-order valence-corrected chi connectivity index (χ2v) is 9.89. The maximum Gasteiger partial charge on any atom is 0.255 e. The van der Waals surface area contributed by atoms with Crippen LogP contribution < -0.4 is 15.4 Å². The summed E-state index contributed by atoms with van der Waals surface area (Å²) in [5.41, 5.74) is 3.41. The Morgan fingerprint density at radius 3 is 2.50 bits per heavy atom. The van der Waals surface area contributed by atoms with E-state index in [0.29, 0.717) is 35.6 Å². The minimum absolute atomic E-state index is 0.134. The van der Waals surface area contributed by atoms with Gasteiger partial charge in [-0.3, -0.25) is 14.6 Å². The fraction of sp³-hybridized carbons (Fsp3) is 0.367. The van der Waals surface area contributed by atoms with Crippen LogP contribution in [0.2, 0.25) is 0 Å². The molecule has 1 aromatic heterocycles. The van der Waals surface area contributed by atoms with E-state index >= 15 is 0 Å². The summed E-state index contributed by atoms with van der Waals surface area (Å²) in [6.07, 6.45) is 7.70. The number of aliphatic hydroxyl groups excluding tert-OH is 1. The molecule has 3 aromatic rings. The monoisotopic (exact) mass is 516 g/mol. The van der Waals surface area contributed by atoms with E-state index in [2.05, 4.69) is 15.6 Å². The molecule has 2 aromatic carbocycles. The number of hydrogen-bond acceptors (Lipinski definition) is 6. The summed E-state index contributed by atoms with van der Waals surface area (Å²) >= 11 is 0. The van der Waals surface area contributed by atoms with Crippen LogP contribution in [-0.4, -0.2) is 66.7 Å². The third-order valence-electron chi connectivity index (χ3n) is 6.77. The normalized spacial score (nSPS) is 14.3. The Kier molecular flexibility index (Phi) is 9.46. The van der Waals surface area contributed by atoms with Crippen LogP contribution in [0.25, 0.3) is 11.1 Å². The molecule has 8 heteroatoms. The molecular weight excluding hydrogens is 480 g/mol. The van der Waals surface area contributed by atoms with Crippen LogP contribution in [0.4, 0.5) is 0 Å². The van der Waals surface area contributed by atoms with Crippen molar-refractivity contribution in [2.75, 3.05) is 33.9 Å². The number of likely N-dealkylation sites (N-methyl/N-ethyl adjacent to an activating group) is 1. The van der Waals surface area contributed by atoms with Crippen molar-refractivity contribution in [1.82, 2.24) is 20.5 Å². The summed E-state index contributed by atoms with van der Waals surface area (Å²) < 4.78 is 6.03. The lowest BCUT2D eigenvalue weighted by Crippen LogP contribution is -2.33. The Hall–Kier alpha value is -3.75. The zero-order valence-corrected chi connectivity index (χ0v) is 22.0. The lowest BCUT2D eigenvalue weighted by Gasteiger charge is -2.20. The van der Waals surface area contributed by atoms with Crippen molar-refractivity contribution in [2.45, 2.75) is 37.8 Å². The molecule has 1 atom stereocenters. The molecule has 0 unspecified atom stereocenters. The summed E-state index contributed by atoms with van der Waals surface area (Å²) in [5.74, 6) is -0.0453. The molecule has 1 saturated carbocycles. The van der Waals surface area contributed by atoms with Crippen molar-refractivity contribution in [3.05, 3.63) is 83.7 Å². The SMILES string of the molecule is CN(C)CCOc1cc(-c2ccncc2)ccc1C(=O)N[C@H](CO)c1cccc(C(=O)NC2CCCC2)c1. The van der Waals surface area contributed by atoms with Crippen molar-refractivity contribution in [2.24, 2.45) is 0 Å². The van der Waals surface area contributed by atoms with Gasteiger partial charge in [-0.2, -0.15) is 0 Å². The average molecular weight is 517 g/mol. The number of amides is 2. The van der Waals surface area contributed by atoms with Gasteiger partial charge < -0.3 is 25.4 Å². The van der Waals surface area contributed by atoms with E-state index in [1.165, 1.54) is 0 Å². The first-order valence-corrected chi connectivity index (χ1v) is 13.1. The van der Waals surface area contributed by atoms with Gasteiger partial charge in [0.25, 0.3) is 11.8 Å². The number of nitrogens with one attached hydrogen (secondary N) is 2. The smallest absolute Gasteiger partial charge is 0.255 e. The molecule has 8 nitrogen and oxygen atoms in total. The van der Waals surface area contributed by atoms with Crippen LogP contribution in [-0.2, 0) is 0 Å². The van der Waals surface area contributed by atoms with Gasteiger partial charge >= 0.3 is 0 Å². The minimum atomic E-state index is -0.684. The highest BCUT2D eigenvalue weighted by Gasteiger charge is 2.22. The van der Waals surface area contributed by atoms with E-state index in [4.69, 9.17) is 4.74 Å². The molecule has 200 valence electrons. The zero-order chi connectivity index (χ0) is 26.9. The van der Waals surface area contributed by atoms with Crippen LogP contribution in [0.1, 0.15) is 58.0 Å². The molecule has 1 aliphatic rings. The Balaban J connectivity index is 1.52. The molecule has 3 N–H and O–H groups in total. The number of pyridine rings is 1. The van der Waals surface area contributed by atoms with Gasteiger partial charge in [0.1, 0.15) is 12.4 Å². The molecule has 2 amide bonds. The summed E-state index contributed by atoms with van der Waals surface area (Å²) in [7, 11) is 3.91. The highest BCUT2D eigenvalue weighted by molar-refractivity contribution is 5.98. The fourth-order valence-electron chi connectivity index (χ4n) is 4.60. The number of hydrogen-bond donors (Lipinski definition) is 3. The summed E-state index contributed by atoms with van der Waals surface area (Å²) in [4.78, 5) is 32.2. The van der Waals surface area contributed by atoms with Crippen LogP contribution in [0.15, 0.2) is 67.0 Å². The van der Waals surface area contributed by atoms with Gasteiger partial charge in [-0.15, -0.1) is 0 Å². The third kappa shape index (κ3) is 7.18. The number of nitrogens with zero attached hydrogens (tertiary/aromatic N) is 2. The molecule has 1 heterocycles. The van der Waals surface area contributed by atoms with E-state index in [1.54, 1.807) is 42.7 Å². The van der Waals surface area contributed by atoms with Crippen LogP contribution in [0, 0.1) is 0 Å². The quantitative estimate of drug-likeness (QED) is 0.358. The summed E-state index contributed by atoms with van der Waals surface area (Å²) in [5, 5.41) is 16.1. The number of aliphatic hydroxyl groups is 1. The van der Waals surface area contributed by atoms with Gasteiger partial charge in [0.15, 0.2) is 0 Å². The van der Waals surface area contributed by atoms with Gasteiger partial charge in [0, 0.05) is 30.5 Å². The Morgan fingerprint density at radius 1 is 1.03 bits per heavy atom. The van der Waals surface area contributed by atoms with Crippen LogP contribution >= 0.6 is 0 Å². The first-order chi connectivity index (χ1) is 18.4. The van der Waals surface area contributed by atoms with Crippen molar-refractivity contribution in [3.8, 4) is 16.9 Å². The highest BCUT2D eigenvalue weighted by atomic mass is 16.5. The van der Waals surface area contributed by atoms with E-state index in [9.17, 15) is 14.7 Å². The van der Waals surface area contributed by atoms with Gasteiger partial charge in [-0.25, -0.2) is 0 Å². The average Bonchev–Trinajstić information content (AvgIpc) is 3.45. The largest absolute Gasteiger partial charge is 0.491 e. The predicted molar refractivity (Wildman–Crippen MR) is 147 cm³/mol. The number of aromatic nitrogens is 1. The molecule has 1 aliphatic carbocycles. The van der Waals surface area contributed by atoms with Crippen molar-refractivity contribution in [3.63, 3.8) is 0 Å². The summed E-state index contributed by atoms with van der Waals surface area (Å²) in [6, 6.07) is 15.8. The second kappa shape index (κ2) is 13.2. The molecule has 0 radical (unpaired) electrons. The maximum absolute atomic E-state index is 13.4. The first-order valence-electron chi connectivity index (χ1n) is 13.1. The van der Waals surface area contributed by atoms with Crippen molar-refractivity contribution < 1.29 is 19.4 Å². The predicted octanol–water partition coefficient (Wildman–Crippen LogP) is 3.82. The molecule has 0 aliphatic heterocycles. The number of rotatable bonds is 11. The Labute approximate surface area is 224 Å². The number of ether oxygens (including phenoxy) is 1. The molecule has 0 spiro atoms. The lowest BCUT2D eigenvalue weighted by molar-refractivity contribution is 0.0911. The maximum atomic E-state index is 13.4. The van der Waals surface area contributed by atoms with Crippen molar-refractivity contribution in [1.29, 1.82) is 0 Å².